The summed E-state index contributed by atoms with van der Waals surface area (Å²) in [7, 11) is 0. The Balaban J connectivity index is 1.21. The van der Waals surface area contributed by atoms with Gasteiger partial charge in [0.15, 0.2) is 5.69 Å². The zero-order chi connectivity index (χ0) is 17.7. The molecule has 0 bridgehead atoms. The van der Waals surface area contributed by atoms with Crippen molar-refractivity contribution < 1.29 is 9.32 Å². The largest absolute Gasteiger partial charge is 0.360 e. The molecule has 0 atom stereocenters. The lowest BCUT2D eigenvalue weighted by molar-refractivity contribution is 0.0447. The van der Waals surface area contributed by atoms with Gasteiger partial charge < -0.3 is 9.42 Å². The molecule has 0 aromatic carbocycles. The van der Waals surface area contributed by atoms with E-state index in [9.17, 15) is 9.59 Å². The van der Waals surface area contributed by atoms with Gasteiger partial charge in [-0.3, -0.25) is 9.59 Å². The van der Waals surface area contributed by atoms with E-state index >= 15 is 0 Å². The molecule has 1 aliphatic heterocycles. The highest BCUT2D eigenvalue weighted by Gasteiger charge is 2.35. The average Bonchev–Trinajstić information content (AvgIpc) is 3.34. The van der Waals surface area contributed by atoms with Crippen LogP contribution in [-0.2, 0) is 19.4 Å². The number of aryl methyl sites for hydroxylation is 2. The highest BCUT2D eigenvalue weighted by molar-refractivity contribution is 5.92. The van der Waals surface area contributed by atoms with Crippen molar-refractivity contribution in [2.45, 2.75) is 51.0 Å². The van der Waals surface area contributed by atoms with Gasteiger partial charge in [0, 0.05) is 37.1 Å². The van der Waals surface area contributed by atoms with Crippen LogP contribution in [0.3, 0.4) is 0 Å². The second-order valence-corrected chi connectivity index (χ2v) is 7.81. The zero-order valence-corrected chi connectivity index (χ0v) is 14.7. The quantitative estimate of drug-likeness (QED) is 0.836. The normalized spacial score (nSPS) is 19.9. The van der Waals surface area contributed by atoms with E-state index in [-0.39, 0.29) is 17.4 Å². The van der Waals surface area contributed by atoms with Crippen LogP contribution in [0.4, 0.5) is 0 Å². The smallest absolute Gasteiger partial charge is 0.276 e. The van der Waals surface area contributed by atoms with Crippen LogP contribution in [0, 0.1) is 5.92 Å². The minimum atomic E-state index is -0.0809. The molecule has 136 valence electrons. The van der Waals surface area contributed by atoms with Gasteiger partial charge in [-0.15, -0.1) is 0 Å². The molecule has 1 amide bonds. The summed E-state index contributed by atoms with van der Waals surface area (Å²) in [5, 5.41) is 8.48. The van der Waals surface area contributed by atoms with Crippen LogP contribution < -0.4 is 5.56 Å². The Morgan fingerprint density at radius 1 is 1.19 bits per heavy atom. The maximum absolute atomic E-state index is 12.5. The first-order chi connectivity index (χ1) is 12.7. The zero-order valence-electron chi connectivity index (χ0n) is 14.7. The standard InChI is InChI=1S/C19H22N4O3/c24-18-7-14-3-1-2-4-15(14)20-23(18)11-12-9-22(10-12)19(25)16-8-17(26-21-16)13-5-6-13/h7-8,12-13H,1-6,9-11H2. The van der Waals surface area contributed by atoms with E-state index in [2.05, 4.69) is 10.3 Å². The molecule has 1 saturated carbocycles. The van der Waals surface area contributed by atoms with E-state index < -0.39 is 0 Å². The van der Waals surface area contributed by atoms with Crippen molar-refractivity contribution in [2.75, 3.05) is 13.1 Å². The Hall–Kier alpha value is -2.44. The van der Waals surface area contributed by atoms with Crippen LogP contribution in [0.1, 0.15) is 59.1 Å². The number of rotatable bonds is 4. The second kappa shape index (κ2) is 6.07. The molecule has 7 heteroatoms. The Morgan fingerprint density at radius 2 is 2.00 bits per heavy atom. The molecule has 0 N–H and O–H groups in total. The van der Waals surface area contributed by atoms with E-state index in [1.54, 1.807) is 21.7 Å². The van der Waals surface area contributed by atoms with Crippen molar-refractivity contribution in [1.29, 1.82) is 0 Å². The minimum absolute atomic E-state index is 0.0268. The molecule has 1 saturated heterocycles. The van der Waals surface area contributed by atoms with Gasteiger partial charge in [-0.2, -0.15) is 5.10 Å². The fourth-order valence-electron chi connectivity index (χ4n) is 3.94. The molecule has 2 aromatic rings. The number of hydrogen-bond acceptors (Lipinski definition) is 5. The van der Waals surface area contributed by atoms with Gasteiger partial charge in [-0.05, 0) is 44.1 Å². The molecule has 7 nitrogen and oxygen atoms in total. The Morgan fingerprint density at radius 3 is 2.81 bits per heavy atom. The van der Waals surface area contributed by atoms with E-state index in [1.165, 1.54) is 0 Å². The monoisotopic (exact) mass is 354 g/mol. The predicted octanol–water partition coefficient (Wildman–Crippen LogP) is 1.76. The molecule has 3 heterocycles. The number of nitrogens with zero attached hydrogens (tertiary/aromatic N) is 4. The molecule has 26 heavy (non-hydrogen) atoms. The summed E-state index contributed by atoms with van der Waals surface area (Å²) in [4.78, 5) is 26.5. The van der Waals surface area contributed by atoms with E-state index in [0.29, 0.717) is 31.2 Å². The molecule has 0 spiro atoms. The molecular weight excluding hydrogens is 332 g/mol. The highest BCUT2D eigenvalue weighted by Crippen LogP contribution is 2.40. The maximum atomic E-state index is 12.5. The van der Waals surface area contributed by atoms with Gasteiger partial charge in [0.2, 0.25) is 0 Å². The molecule has 0 radical (unpaired) electrons. The van der Waals surface area contributed by atoms with Gasteiger partial charge in [-0.1, -0.05) is 5.16 Å². The summed E-state index contributed by atoms with van der Waals surface area (Å²) >= 11 is 0. The number of likely N-dealkylation sites (tertiary alicyclic amines) is 1. The van der Waals surface area contributed by atoms with Crippen LogP contribution >= 0.6 is 0 Å². The fraction of sp³-hybridized carbons (Fsp3) is 0.579. The predicted molar refractivity (Wildman–Crippen MR) is 93.0 cm³/mol. The first-order valence-corrected chi connectivity index (χ1v) is 9.53. The van der Waals surface area contributed by atoms with Gasteiger partial charge in [0.05, 0.1) is 12.2 Å². The summed E-state index contributed by atoms with van der Waals surface area (Å²) in [5.41, 5.74) is 2.55. The fourth-order valence-corrected chi connectivity index (χ4v) is 3.94. The number of carbonyl (C=O) groups excluding carboxylic acids is 1. The van der Waals surface area contributed by atoms with Gasteiger partial charge in [-0.25, -0.2) is 4.68 Å². The van der Waals surface area contributed by atoms with Crippen molar-refractivity contribution in [1.82, 2.24) is 19.8 Å². The van der Waals surface area contributed by atoms with E-state index in [1.807, 2.05) is 0 Å². The van der Waals surface area contributed by atoms with Crippen molar-refractivity contribution >= 4 is 5.91 Å². The first-order valence-electron chi connectivity index (χ1n) is 9.53. The number of fused-ring (bicyclic) bond motifs is 1. The van der Waals surface area contributed by atoms with Crippen LogP contribution in [0.5, 0.6) is 0 Å². The Bertz CT molecular complexity index is 906. The molecule has 5 rings (SSSR count). The third-order valence-corrected chi connectivity index (χ3v) is 5.68. The van der Waals surface area contributed by atoms with Crippen molar-refractivity contribution in [3.05, 3.63) is 45.2 Å². The third kappa shape index (κ3) is 2.85. The highest BCUT2D eigenvalue weighted by atomic mass is 16.5. The number of carbonyl (C=O) groups is 1. The average molecular weight is 354 g/mol. The molecule has 2 fully saturated rings. The lowest BCUT2D eigenvalue weighted by Crippen LogP contribution is -2.52. The molecule has 3 aliphatic rings. The van der Waals surface area contributed by atoms with E-state index in [4.69, 9.17) is 4.52 Å². The number of amides is 1. The first kappa shape index (κ1) is 15.8. The minimum Gasteiger partial charge on any atom is -0.360 e. The number of aromatic nitrogens is 3. The second-order valence-electron chi connectivity index (χ2n) is 7.81. The van der Waals surface area contributed by atoms with E-state index in [0.717, 1.165) is 55.5 Å². The van der Waals surface area contributed by atoms with Crippen LogP contribution in [0.2, 0.25) is 0 Å². The molecule has 2 aliphatic carbocycles. The number of hydrogen-bond donors (Lipinski definition) is 0. The third-order valence-electron chi connectivity index (χ3n) is 5.68. The summed E-state index contributed by atoms with van der Waals surface area (Å²) in [6, 6.07) is 3.53. The molecule has 2 aromatic heterocycles. The van der Waals surface area contributed by atoms with Gasteiger partial charge in [0.1, 0.15) is 5.76 Å². The topological polar surface area (TPSA) is 81.2 Å². The van der Waals surface area contributed by atoms with Crippen molar-refractivity contribution in [3.63, 3.8) is 0 Å². The summed E-state index contributed by atoms with van der Waals surface area (Å²) < 4.78 is 6.85. The molecular formula is C19H22N4O3. The van der Waals surface area contributed by atoms with Crippen LogP contribution in [-0.4, -0.2) is 38.8 Å². The van der Waals surface area contributed by atoms with Crippen molar-refractivity contribution in [2.24, 2.45) is 5.92 Å². The van der Waals surface area contributed by atoms with Gasteiger partial charge in [0.25, 0.3) is 11.5 Å². The summed E-state index contributed by atoms with van der Waals surface area (Å²) in [6.45, 7) is 1.84. The van der Waals surface area contributed by atoms with Crippen LogP contribution in [0.25, 0.3) is 0 Å². The molecule has 0 unspecified atom stereocenters. The summed E-state index contributed by atoms with van der Waals surface area (Å²) in [5.74, 6) is 1.47. The summed E-state index contributed by atoms with van der Waals surface area (Å²) in [6.07, 6.45) is 6.45. The SMILES string of the molecule is O=C(c1cc(C2CC2)on1)N1CC(Cn2nc3c(cc2=O)CCCC3)C1. The van der Waals surface area contributed by atoms with Crippen molar-refractivity contribution in [3.8, 4) is 0 Å². The maximum Gasteiger partial charge on any atom is 0.276 e. The lowest BCUT2D eigenvalue weighted by Gasteiger charge is -2.38. The Labute approximate surface area is 151 Å². The lowest BCUT2D eigenvalue weighted by atomic mass is 9.96. The van der Waals surface area contributed by atoms with Crippen LogP contribution in [0.15, 0.2) is 21.5 Å². The Kier molecular flexibility index (Phi) is 3.69. The van der Waals surface area contributed by atoms with Gasteiger partial charge >= 0.3 is 0 Å².